The number of rotatable bonds is 5. The minimum absolute atomic E-state index is 0.305. The molecule has 0 saturated carbocycles. The topological polar surface area (TPSA) is 38.3 Å². The van der Waals surface area contributed by atoms with Crippen LogP contribution in [0.4, 0.5) is 4.39 Å². The van der Waals surface area contributed by atoms with Gasteiger partial charge in [0.05, 0.1) is 6.54 Å². The molecule has 0 aliphatic heterocycles. The second kappa shape index (κ2) is 6.54. The summed E-state index contributed by atoms with van der Waals surface area (Å²) < 4.78 is 18.4. The van der Waals surface area contributed by atoms with Gasteiger partial charge in [-0.15, -0.1) is 0 Å². The Morgan fingerprint density at radius 1 is 1.11 bits per heavy atom. The molecule has 4 heteroatoms. The molecule has 0 aliphatic carbocycles. The number of halogens is 1. The van der Waals surface area contributed by atoms with Crippen LogP contribution in [0.3, 0.4) is 0 Å². The third-order valence-corrected chi connectivity index (χ3v) is 2.49. The van der Waals surface area contributed by atoms with Crippen LogP contribution < -0.4 is 10.1 Å². The summed E-state index contributed by atoms with van der Waals surface area (Å²) in [5.74, 6) is 0.0202. The molecule has 0 heterocycles. The number of amides is 1. The fourth-order valence-corrected chi connectivity index (χ4v) is 1.58. The molecule has 0 aromatic heterocycles. The first-order valence-corrected chi connectivity index (χ1v) is 5.97. The SMILES string of the molecule is O=C(NCCOc1ccccc1)c1cccc(F)c1. The summed E-state index contributed by atoms with van der Waals surface area (Å²) >= 11 is 0. The van der Waals surface area contributed by atoms with Crippen molar-refractivity contribution in [3.05, 3.63) is 66.0 Å². The van der Waals surface area contributed by atoms with Gasteiger partial charge in [-0.1, -0.05) is 24.3 Å². The highest BCUT2D eigenvalue weighted by atomic mass is 19.1. The maximum absolute atomic E-state index is 12.9. The molecule has 0 spiro atoms. The lowest BCUT2D eigenvalue weighted by Crippen LogP contribution is -2.28. The molecule has 0 atom stereocenters. The van der Waals surface area contributed by atoms with E-state index in [0.717, 1.165) is 5.75 Å². The maximum atomic E-state index is 12.9. The second-order valence-corrected chi connectivity index (χ2v) is 3.93. The highest BCUT2D eigenvalue weighted by Crippen LogP contribution is 2.07. The highest BCUT2D eigenvalue weighted by Gasteiger charge is 2.05. The first-order chi connectivity index (χ1) is 9.25. The standard InChI is InChI=1S/C15H14FNO2/c16-13-6-4-5-12(11-13)15(18)17-9-10-19-14-7-2-1-3-8-14/h1-8,11H,9-10H2,(H,17,18). The van der Waals surface area contributed by atoms with Crippen LogP contribution in [0.25, 0.3) is 0 Å². The molecule has 1 amide bonds. The van der Waals surface area contributed by atoms with Crippen molar-refractivity contribution in [3.63, 3.8) is 0 Å². The van der Waals surface area contributed by atoms with Crippen LogP contribution in [0.1, 0.15) is 10.4 Å². The smallest absolute Gasteiger partial charge is 0.251 e. The molecule has 2 aromatic carbocycles. The van der Waals surface area contributed by atoms with E-state index in [1.807, 2.05) is 30.3 Å². The van der Waals surface area contributed by atoms with E-state index < -0.39 is 5.82 Å². The van der Waals surface area contributed by atoms with Gasteiger partial charge in [-0.2, -0.15) is 0 Å². The molecule has 98 valence electrons. The Bertz CT molecular complexity index is 543. The summed E-state index contributed by atoms with van der Waals surface area (Å²) in [4.78, 5) is 11.7. The average Bonchev–Trinajstić information content (AvgIpc) is 2.44. The summed E-state index contributed by atoms with van der Waals surface area (Å²) in [7, 11) is 0. The first-order valence-electron chi connectivity index (χ1n) is 5.97. The van der Waals surface area contributed by atoms with Crippen LogP contribution in [-0.2, 0) is 0 Å². The van der Waals surface area contributed by atoms with E-state index in [9.17, 15) is 9.18 Å². The van der Waals surface area contributed by atoms with E-state index in [1.54, 1.807) is 6.07 Å². The summed E-state index contributed by atoms with van der Waals surface area (Å²) in [6, 6.07) is 14.9. The molecule has 19 heavy (non-hydrogen) atoms. The van der Waals surface area contributed by atoms with Crippen LogP contribution in [0, 0.1) is 5.82 Å². The number of hydrogen-bond donors (Lipinski definition) is 1. The molecular formula is C15H14FNO2. The number of carbonyl (C=O) groups excluding carboxylic acids is 1. The third kappa shape index (κ3) is 4.10. The van der Waals surface area contributed by atoms with Crippen LogP contribution in [0.15, 0.2) is 54.6 Å². The maximum Gasteiger partial charge on any atom is 0.251 e. The van der Waals surface area contributed by atoms with E-state index in [0.29, 0.717) is 18.7 Å². The molecule has 2 aromatic rings. The van der Waals surface area contributed by atoms with Gasteiger partial charge in [0.2, 0.25) is 0 Å². The van der Waals surface area contributed by atoms with Crippen molar-refractivity contribution >= 4 is 5.91 Å². The van der Waals surface area contributed by atoms with Crippen molar-refractivity contribution < 1.29 is 13.9 Å². The van der Waals surface area contributed by atoms with Crippen molar-refractivity contribution in [1.29, 1.82) is 0 Å². The van der Waals surface area contributed by atoms with E-state index in [2.05, 4.69) is 5.32 Å². The number of hydrogen-bond acceptors (Lipinski definition) is 2. The van der Waals surface area contributed by atoms with Crippen molar-refractivity contribution in [3.8, 4) is 5.75 Å². The number of benzene rings is 2. The normalized spacial score (nSPS) is 9.95. The minimum Gasteiger partial charge on any atom is -0.492 e. The van der Waals surface area contributed by atoms with Crippen molar-refractivity contribution in [2.45, 2.75) is 0 Å². The Morgan fingerprint density at radius 3 is 2.63 bits per heavy atom. The van der Waals surface area contributed by atoms with Gasteiger partial charge in [-0.25, -0.2) is 4.39 Å². The third-order valence-electron chi connectivity index (χ3n) is 2.49. The second-order valence-electron chi connectivity index (χ2n) is 3.93. The molecule has 0 fully saturated rings. The molecular weight excluding hydrogens is 245 g/mol. The molecule has 1 N–H and O–H groups in total. The average molecular weight is 259 g/mol. The molecule has 0 aliphatic rings. The van der Waals surface area contributed by atoms with Crippen LogP contribution >= 0.6 is 0 Å². The summed E-state index contributed by atoms with van der Waals surface area (Å²) in [6.45, 7) is 0.731. The summed E-state index contributed by atoms with van der Waals surface area (Å²) in [6.07, 6.45) is 0. The number of para-hydroxylation sites is 1. The highest BCUT2D eigenvalue weighted by molar-refractivity contribution is 5.94. The molecule has 0 unspecified atom stereocenters. The van der Waals surface area contributed by atoms with Gasteiger partial charge in [-0.3, -0.25) is 4.79 Å². The lowest BCUT2D eigenvalue weighted by Gasteiger charge is -2.07. The molecule has 0 saturated heterocycles. The van der Waals surface area contributed by atoms with Gasteiger partial charge in [-0.05, 0) is 30.3 Å². The van der Waals surface area contributed by atoms with Crippen LogP contribution in [0.5, 0.6) is 5.75 Å². The van der Waals surface area contributed by atoms with Gasteiger partial charge in [0, 0.05) is 5.56 Å². The lowest BCUT2D eigenvalue weighted by molar-refractivity contribution is 0.0946. The van der Waals surface area contributed by atoms with Gasteiger partial charge in [0.1, 0.15) is 18.2 Å². The van der Waals surface area contributed by atoms with E-state index in [-0.39, 0.29) is 5.91 Å². The van der Waals surface area contributed by atoms with Crippen LogP contribution in [-0.4, -0.2) is 19.1 Å². The van der Waals surface area contributed by atoms with E-state index in [4.69, 9.17) is 4.74 Å². The number of ether oxygens (including phenoxy) is 1. The largest absolute Gasteiger partial charge is 0.492 e. The summed E-state index contributed by atoms with van der Waals surface area (Å²) in [5, 5.41) is 2.67. The minimum atomic E-state index is -0.423. The van der Waals surface area contributed by atoms with Gasteiger partial charge >= 0.3 is 0 Å². The molecule has 2 rings (SSSR count). The van der Waals surface area contributed by atoms with E-state index >= 15 is 0 Å². The monoisotopic (exact) mass is 259 g/mol. The number of carbonyl (C=O) groups is 1. The number of nitrogens with one attached hydrogen (secondary N) is 1. The van der Waals surface area contributed by atoms with Gasteiger partial charge in [0.25, 0.3) is 5.91 Å². The molecule has 3 nitrogen and oxygen atoms in total. The van der Waals surface area contributed by atoms with E-state index in [1.165, 1.54) is 18.2 Å². The van der Waals surface area contributed by atoms with Crippen molar-refractivity contribution in [1.82, 2.24) is 5.32 Å². The predicted molar refractivity (Wildman–Crippen MR) is 70.7 cm³/mol. The molecule has 0 radical (unpaired) electrons. The molecule has 0 bridgehead atoms. The van der Waals surface area contributed by atoms with Crippen LogP contribution in [0.2, 0.25) is 0 Å². The Labute approximate surface area is 111 Å². The quantitative estimate of drug-likeness (QED) is 0.838. The zero-order chi connectivity index (χ0) is 13.5. The zero-order valence-electron chi connectivity index (χ0n) is 10.3. The fraction of sp³-hybridized carbons (Fsp3) is 0.133. The van der Waals surface area contributed by atoms with Crippen molar-refractivity contribution in [2.24, 2.45) is 0 Å². The zero-order valence-corrected chi connectivity index (χ0v) is 10.3. The first kappa shape index (κ1) is 13.1. The van der Waals surface area contributed by atoms with Crippen molar-refractivity contribution in [2.75, 3.05) is 13.2 Å². The predicted octanol–water partition coefficient (Wildman–Crippen LogP) is 2.63. The Hall–Kier alpha value is -2.36. The Balaban J connectivity index is 1.75. The van der Waals surface area contributed by atoms with Gasteiger partial charge < -0.3 is 10.1 Å². The van der Waals surface area contributed by atoms with Gasteiger partial charge in [0.15, 0.2) is 0 Å². The fourth-order valence-electron chi connectivity index (χ4n) is 1.58. The lowest BCUT2D eigenvalue weighted by atomic mass is 10.2. The Kier molecular flexibility index (Phi) is 4.50. The Morgan fingerprint density at radius 2 is 1.89 bits per heavy atom. The summed E-state index contributed by atoms with van der Waals surface area (Å²) in [5.41, 5.74) is 0.305.